The van der Waals surface area contributed by atoms with Gasteiger partial charge in [0.05, 0.1) is 0 Å². The lowest BCUT2D eigenvalue weighted by molar-refractivity contribution is -0.113. The van der Waals surface area contributed by atoms with Gasteiger partial charge in [-0.25, -0.2) is 0 Å². The molecule has 0 aliphatic heterocycles. The number of amides is 1. The number of allylic oxidation sites excluding steroid dienone is 2. The SMILES string of the molecule is NC(=O)/C=C\C=C/I. The Morgan fingerprint density at radius 1 is 1.50 bits per heavy atom. The number of carbonyl (C=O) groups excluding carboxylic acids is 1. The zero-order chi connectivity index (χ0) is 6.41. The van der Waals surface area contributed by atoms with Crippen LogP contribution < -0.4 is 5.73 Å². The molecule has 0 rings (SSSR count). The predicted octanol–water partition coefficient (Wildman–Crippen LogP) is 0.977. The lowest BCUT2D eigenvalue weighted by atomic mass is 10.5. The molecule has 0 spiro atoms. The topological polar surface area (TPSA) is 43.1 Å². The average molecular weight is 223 g/mol. The van der Waals surface area contributed by atoms with Crippen molar-refractivity contribution in [3.63, 3.8) is 0 Å². The summed E-state index contributed by atoms with van der Waals surface area (Å²) in [6, 6.07) is 0. The third-order valence-corrected chi connectivity index (χ3v) is 0.860. The van der Waals surface area contributed by atoms with Gasteiger partial charge in [-0.15, -0.1) is 0 Å². The Morgan fingerprint density at radius 3 is 2.50 bits per heavy atom. The van der Waals surface area contributed by atoms with Crippen molar-refractivity contribution in [1.29, 1.82) is 0 Å². The van der Waals surface area contributed by atoms with Gasteiger partial charge in [0, 0.05) is 6.08 Å². The van der Waals surface area contributed by atoms with Gasteiger partial charge in [0.15, 0.2) is 0 Å². The van der Waals surface area contributed by atoms with E-state index < -0.39 is 5.91 Å². The molecule has 3 heteroatoms. The largest absolute Gasteiger partial charge is 0.366 e. The fourth-order valence-electron chi connectivity index (χ4n) is 0.192. The summed E-state index contributed by atoms with van der Waals surface area (Å²) in [6.45, 7) is 0. The summed E-state index contributed by atoms with van der Waals surface area (Å²) in [7, 11) is 0. The van der Waals surface area contributed by atoms with Crippen molar-refractivity contribution in [2.45, 2.75) is 0 Å². The number of hydrogen-bond acceptors (Lipinski definition) is 1. The maximum absolute atomic E-state index is 9.97. The Bertz CT molecular complexity index is 128. The van der Waals surface area contributed by atoms with Crippen molar-refractivity contribution >= 4 is 28.5 Å². The van der Waals surface area contributed by atoms with Crippen molar-refractivity contribution in [3.8, 4) is 0 Å². The highest BCUT2D eigenvalue weighted by Gasteiger charge is 1.75. The maximum Gasteiger partial charge on any atom is 0.241 e. The quantitative estimate of drug-likeness (QED) is 0.423. The van der Waals surface area contributed by atoms with Gasteiger partial charge in [0.2, 0.25) is 5.91 Å². The van der Waals surface area contributed by atoms with E-state index in [-0.39, 0.29) is 0 Å². The molecule has 0 aromatic heterocycles. The zero-order valence-electron chi connectivity index (χ0n) is 4.17. The number of halogens is 1. The second kappa shape index (κ2) is 4.83. The standard InChI is InChI=1S/C5H6INO/c6-4-2-1-3-5(7)8/h1-4H,(H2,7,8)/b3-1-,4-2-. The van der Waals surface area contributed by atoms with Crippen LogP contribution in [-0.4, -0.2) is 5.91 Å². The molecule has 2 N–H and O–H groups in total. The first-order chi connectivity index (χ1) is 3.77. The molecule has 0 heterocycles. The Morgan fingerprint density at radius 2 is 2.12 bits per heavy atom. The normalized spacial score (nSPS) is 11.1. The number of hydrogen-bond donors (Lipinski definition) is 1. The molecule has 0 saturated heterocycles. The monoisotopic (exact) mass is 223 g/mol. The molecule has 0 aliphatic rings. The Hall–Kier alpha value is -0.320. The average Bonchev–Trinajstić information content (AvgIpc) is 1.66. The van der Waals surface area contributed by atoms with E-state index in [1.807, 2.05) is 0 Å². The third kappa shape index (κ3) is 5.68. The molecule has 0 aliphatic carbocycles. The van der Waals surface area contributed by atoms with Gasteiger partial charge in [-0.05, 0) is 4.08 Å². The van der Waals surface area contributed by atoms with E-state index in [1.54, 1.807) is 16.2 Å². The lowest BCUT2D eigenvalue weighted by Crippen LogP contribution is -2.04. The zero-order valence-corrected chi connectivity index (χ0v) is 6.33. The summed E-state index contributed by atoms with van der Waals surface area (Å²) < 4.78 is 1.79. The minimum atomic E-state index is -0.417. The molecule has 0 atom stereocenters. The smallest absolute Gasteiger partial charge is 0.241 e. The number of carbonyl (C=O) groups is 1. The van der Waals surface area contributed by atoms with Crippen LogP contribution in [0.1, 0.15) is 0 Å². The second-order valence-corrected chi connectivity index (χ2v) is 1.80. The molecule has 1 amide bonds. The highest BCUT2D eigenvalue weighted by molar-refractivity contribution is 14.1. The maximum atomic E-state index is 9.97. The van der Waals surface area contributed by atoms with Crippen molar-refractivity contribution < 1.29 is 4.79 Å². The molecule has 0 radical (unpaired) electrons. The lowest BCUT2D eigenvalue weighted by Gasteiger charge is -1.72. The minimum absolute atomic E-state index is 0.417. The van der Waals surface area contributed by atoms with E-state index in [1.165, 1.54) is 6.08 Å². The second-order valence-electron chi connectivity index (χ2n) is 1.08. The molecule has 0 fully saturated rings. The van der Waals surface area contributed by atoms with E-state index in [0.717, 1.165) is 0 Å². The fraction of sp³-hybridized carbons (Fsp3) is 0. The highest BCUT2D eigenvalue weighted by atomic mass is 127. The summed E-state index contributed by atoms with van der Waals surface area (Å²) in [5.74, 6) is -0.417. The van der Waals surface area contributed by atoms with Gasteiger partial charge >= 0.3 is 0 Å². The predicted molar refractivity (Wildman–Crippen MR) is 41.5 cm³/mol. The van der Waals surface area contributed by atoms with Gasteiger partial charge in [-0.1, -0.05) is 34.7 Å². The molecular weight excluding hydrogens is 217 g/mol. The van der Waals surface area contributed by atoms with Crippen LogP contribution in [0.3, 0.4) is 0 Å². The summed E-state index contributed by atoms with van der Waals surface area (Å²) in [4.78, 5) is 9.97. The number of rotatable bonds is 2. The van der Waals surface area contributed by atoms with Crippen LogP contribution in [0.5, 0.6) is 0 Å². The summed E-state index contributed by atoms with van der Waals surface area (Å²) >= 11 is 2.05. The van der Waals surface area contributed by atoms with Crippen molar-refractivity contribution in [1.82, 2.24) is 0 Å². The van der Waals surface area contributed by atoms with Crippen LogP contribution in [0.2, 0.25) is 0 Å². The third-order valence-electron chi connectivity index (χ3n) is 0.444. The van der Waals surface area contributed by atoms with Gasteiger partial charge in [-0.3, -0.25) is 4.79 Å². The molecule has 44 valence electrons. The van der Waals surface area contributed by atoms with Crippen molar-refractivity contribution in [2.75, 3.05) is 0 Å². The molecule has 0 aromatic rings. The van der Waals surface area contributed by atoms with Crippen LogP contribution >= 0.6 is 22.6 Å². The van der Waals surface area contributed by atoms with Crippen LogP contribution in [0.4, 0.5) is 0 Å². The first-order valence-electron chi connectivity index (χ1n) is 2.00. The molecule has 0 saturated carbocycles. The van der Waals surface area contributed by atoms with E-state index in [0.29, 0.717) is 0 Å². The van der Waals surface area contributed by atoms with Crippen molar-refractivity contribution in [3.05, 3.63) is 22.3 Å². The summed E-state index contributed by atoms with van der Waals surface area (Å²) in [5, 5.41) is 0. The Balaban J connectivity index is 3.50. The van der Waals surface area contributed by atoms with Gasteiger partial charge in [-0.2, -0.15) is 0 Å². The Labute approximate surface area is 61.6 Å². The highest BCUT2D eigenvalue weighted by Crippen LogP contribution is 1.83. The van der Waals surface area contributed by atoms with Crippen LogP contribution in [0.15, 0.2) is 22.3 Å². The van der Waals surface area contributed by atoms with E-state index in [2.05, 4.69) is 22.6 Å². The molecule has 0 aromatic carbocycles. The Kier molecular flexibility index (Phi) is 4.64. The van der Waals surface area contributed by atoms with Crippen molar-refractivity contribution in [2.24, 2.45) is 5.73 Å². The molecular formula is C5H6INO. The number of nitrogens with two attached hydrogens (primary N) is 1. The van der Waals surface area contributed by atoms with Gasteiger partial charge < -0.3 is 5.73 Å². The van der Waals surface area contributed by atoms with E-state index >= 15 is 0 Å². The molecule has 0 bridgehead atoms. The van der Waals surface area contributed by atoms with E-state index in [9.17, 15) is 4.79 Å². The summed E-state index contributed by atoms with van der Waals surface area (Å²) in [5.41, 5.74) is 4.77. The van der Waals surface area contributed by atoms with Gasteiger partial charge in [0.25, 0.3) is 0 Å². The number of primary amides is 1. The minimum Gasteiger partial charge on any atom is -0.366 e. The molecule has 8 heavy (non-hydrogen) atoms. The van der Waals surface area contributed by atoms with Crippen LogP contribution in [-0.2, 0) is 4.79 Å². The molecule has 0 unspecified atom stereocenters. The first kappa shape index (κ1) is 7.68. The van der Waals surface area contributed by atoms with Crippen LogP contribution in [0.25, 0.3) is 0 Å². The summed E-state index contributed by atoms with van der Waals surface area (Å²) in [6.07, 6.45) is 4.62. The first-order valence-corrected chi connectivity index (χ1v) is 3.25. The fourth-order valence-corrected chi connectivity index (χ4v) is 0.432. The van der Waals surface area contributed by atoms with Crippen LogP contribution in [0, 0.1) is 0 Å². The molecule has 2 nitrogen and oxygen atoms in total. The van der Waals surface area contributed by atoms with E-state index in [4.69, 9.17) is 5.73 Å². The van der Waals surface area contributed by atoms with Gasteiger partial charge in [0.1, 0.15) is 0 Å².